The lowest BCUT2D eigenvalue weighted by Gasteiger charge is -2.43. The van der Waals surface area contributed by atoms with Gasteiger partial charge in [0, 0.05) is 56.6 Å². The lowest BCUT2D eigenvalue weighted by Crippen LogP contribution is -2.58. The van der Waals surface area contributed by atoms with Crippen molar-refractivity contribution in [3.05, 3.63) is 47.6 Å². The largest absolute Gasteiger partial charge is 0.416 e. The summed E-state index contributed by atoms with van der Waals surface area (Å²) >= 11 is 0. The number of aromatic nitrogens is 3. The summed E-state index contributed by atoms with van der Waals surface area (Å²) in [6.45, 7) is 3.61. The summed E-state index contributed by atoms with van der Waals surface area (Å²) in [6.07, 6.45) is 1.99. The van der Waals surface area contributed by atoms with Gasteiger partial charge in [0.15, 0.2) is 5.82 Å². The molecule has 3 N–H and O–H groups in total. The molecule has 0 unspecified atom stereocenters. The van der Waals surface area contributed by atoms with Crippen LogP contribution < -0.4 is 20.9 Å². The number of carbonyl (C=O) groups excluding carboxylic acids is 1. The second kappa shape index (κ2) is 9.04. The van der Waals surface area contributed by atoms with E-state index in [0.29, 0.717) is 23.0 Å². The number of rotatable bonds is 6. The van der Waals surface area contributed by atoms with Gasteiger partial charge in [-0.05, 0) is 19.9 Å². The van der Waals surface area contributed by atoms with Crippen molar-refractivity contribution >= 4 is 29.6 Å². The van der Waals surface area contributed by atoms with E-state index >= 15 is 0 Å². The number of amides is 1. The van der Waals surface area contributed by atoms with Gasteiger partial charge in [-0.3, -0.25) is 14.8 Å². The molecule has 0 aromatic carbocycles. The zero-order chi connectivity index (χ0) is 24.4. The second-order valence-corrected chi connectivity index (χ2v) is 7.98. The van der Waals surface area contributed by atoms with Crippen molar-refractivity contribution in [1.29, 1.82) is 0 Å². The van der Waals surface area contributed by atoms with E-state index in [2.05, 4.69) is 25.3 Å². The first-order valence-electron chi connectivity index (χ1n) is 10.0. The molecule has 3 heterocycles. The molecule has 176 valence electrons. The first kappa shape index (κ1) is 24.0. The summed E-state index contributed by atoms with van der Waals surface area (Å²) in [5.74, 6) is 0.815. The molecule has 0 saturated heterocycles. The van der Waals surface area contributed by atoms with Crippen LogP contribution in [0.1, 0.15) is 25.0 Å². The average molecular weight is 462 g/mol. The van der Waals surface area contributed by atoms with Gasteiger partial charge in [-0.1, -0.05) is 0 Å². The van der Waals surface area contributed by atoms with Gasteiger partial charge < -0.3 is 20.9 Å². The van der Waals surface area contributed by atoms with E-state index in [1.165, 1.54) is 17.3 Å². The van der Waals surface area contributed by atoms with E-state index in [1.807, 2.05) is 13.8 Å². The fraction of sp³-hybridized carbons (Fsp3) is 0.381. The van der Waals surface area contributed by atoms with E-state index in [9.17, 15) is 18.0 Å². The molecule has 0 saturated carbocycles. The molecule has 3 rings (SSSR count). The Morgan fingerprint density at radius 1 is 1.30 bits per heavy atom. The molecule has 12 heteroatoms. The number of nitrogens with one attached hydrogen (secondary N) is 1. The summed E-state index contributed by atoms with van der Waals surface area (Å²) in [6, 6.07) is 0.919. The number of aliphatic imine (C=N–C) groups is 1. The number of likely N-dealkylation sites (N-methyl/N-ethyl adjacent to an activating group) is 2. The molecule has 1 aliphatic heterocycles. The van der Waals surface area contributed by atoms with Crippen LogP contribution in [0.3, 0.4) is 0 Å². The van der Waals surface area contributed by atoms with Gasteiger partial charge in [0.2, 0.25) is 5.95 Å². The molecular weight excluding hydrogens is 437 g/mol. The Balaban J connectivity index is 1.69. The van der Waals surface area contributed by atoms with Crippen LogP contribution in [0.4, 0.5) is 30.6 Å². The van der Waals surface area contributed by atoms with Crippen LogP contribution in [-0.4, -0.2) is 53.3 Å². The van der Waals surface area contributed by atoms with Crippen LogP contribution in [0.15, 0.2) is 41.4 Å². The maximum absolute atomic E-state index is 13.1. The maximum Gasteiger partial charge on any atom is 0.416 e. The highest BCUT2D eigenvalue weighted by Crippen LogP contribution is 2.37. The Morgan fingerprint density at radius 3 is 2.70 bits per heavy atom. The highest BCUT2D eigenvalue weighted by atomic mass is 19.4. The van der Waals surface area contributed by atoms with Gasteiger partial charge >= 0.3 is 6.18 Å². The number of fused-ring (bicyclic) bond motifs is 1. The monoisotopic (exact) mass is 462 g/mol. The van der Waals surface area contributed by atoms with Crippen LogP contribution >= 0.6 is 0 Å². The number of hydrogen-bond acceptors (Lipinski definition) is 8. The van der Waals surface area contributed by atoms with Crippen molar-refractivity contribution in [1.82, 2.24) is 15.0 Å². The SMILES string of the molecule is CN1C(=O)C(C)(C)N(C)c2nc(NC/C(C=NCc3cnccc3C(F)(F)F)=C/N)ncc21. The van der Waals surface area contributed by atoms with Gasteiger partial charge in [0.05, 0.1) is 18.3 Å². The molecule has 33 heavy (non-hydrogen) atoms. The highest BCUT2D eigenvalue weighted by Gasteiger charge is 2.42. The van der Waals surface area contributed by atoms with E-state index in [0.717, 1.165) is 18.5 Å². The van der Waals surface area contributed by atoms with Crippen LogP contribution in [0.25, 0.3) is 0 Å². The maximum atomic E-state index is 13.1. The number of anilines is 3. The molecule has 0 fully saturated rings. The van der Waals surface area contributed by atoms with Crippen molar-refractivity contribution in [3.8, 4) is 0 Å². The summed E-state index contributed by atoms with van der Waals surface area (Å²) in [5, 5.41) is 3.02. The van der Waals surface area contributed by atoms with E-state index in [4.69, 9.17) is 5.73 Å². The van der Waals surface area contributed by atoms with E-state index < -0.39 is 17.3 Å². The van der Waals surface area contributed by atoms with Gasteiger partial charge in [0.25, 0.3) is 5.91 Å². The lowest BCUT2D eigenvalue weighted by atomic mass is 9.98. The quantitative estimate of drug-likeness (QED) is 0.635. The Hall–Kier alpha value is -3.70. The number of nitrogens with two attached hydrogens (primary N) is 1. The van der Waals surface area contributed by atoms with Gasteiger partial charge in [0.1, 0.15) is 11.2 Å². The third-order valence-corrected chi connectivity index (χ3v) is 5.49. The third-order valence-electron chi connectivity index (χ3n) is 5.49. The highest BCUT2D eigenvalue weighted by molar-refractivity contribution is 6.06. The zero-order valence-corrected chi connectivity index (χ0v) is 18.7. The van der Waals surface area contributed by atoms with Crippen molar-refractivity contribution in [3.63, 3.8) is 0 Å². The smallest absolute Gasteiger partial charge is 0.404 e. The lowest BCUT2D eigenvalue weighted by molar-refractivity contribution is -0.138. The zero-order valence-electron chi connectivity index (χ0n) is 18.7. The van der Waals surface area contributed by atoms with Crippen molar-refractivity contribution < 1.29 is 18.0 Å². The minimum Gasteiger partial charge on any atom is -0.404 e. The number of alkyl halides is 3. The number of pyridine rings is 1. The van der Waals surface area contributed by atoms with Crippen LogP contribution in [0.5, 0.6) is 0 Å². The topological polar surface area (TPSA) is 113 Å². The van der Waals surface area contributed by atoms with Crippen molar-refractivity contribution in [2.45, 2.75) is 32.1 Å². The fourth-order valence-corrected chi connectivity index (χ4v) is 3.28. The number of carbonyl (C=O) groups is 1. The molecule has 0 spiro atoms. The molecule has 1 amide bonds. The molecule has 2 aromatic heterocycles. The van der Waals surface area contributed by atoms with Crippen LogP contribution in [0, 0.1) is 0 Å². The van der Waals surface area contributed by atoms with Crippen molar-refractivity contribution in [2.75, 3.05) is 35.8 Å². The van der Waals surface area contributed by atoms with E-state index in [1.54, 1.807) is 25.2 Å². The minimum atomic E-state index is -4.48. The number of nitrogens with zero attached hydrogens (tertiary/aromatic N) is 6. The Morgan fingerprint density at radius 2 is 2.03 bits per heavy atom. The molecule has 0 atom stereocenters. The summed E-state index contributed by atoms with van der Waals surface area (Å²) in [5.41, 5.74) is 5.16. The van der Waals surface area contributed by atoms with Crippen LogP contribution in [-0.2, 0) is 17.5 Å². The molecular formula is C21H25F3N8O. The first-order valence-corrected chi connectivity index (χ1v) is 10.0. The van der Waals surface area contributed by atoms with Gasteiger partial charge in [-0.2, -0.15) is 18.2 Å². The van der Waals surface area contributed by atoms with E-state index in [-0.39, 0.29) is 24.6 Å². The standard InChI is InChI=1S/C21H25F3N8O/c1-20(2)18(33)31(3)16-12-29-19(30-17(16)32(20)4)28-9-13(7-25)8-27-11-14-10-26-6-5-15(14)21(22,23)24/h5-8,10,12H,9,11,25H2,1-4H3,(H,28,29,30)/b13-7+,27-8?. The molecule has 1 aliphatic rings. The van der Waals surface area contributed by atoms with Gasteiger partial charge in [-0.25, -0.2) is 4.98 Å². The second-order valence-electron chi connectivity index (χ2n) is 7.98. The Labute approximate surface area is 189 Å². The number of hydrogen-bond donors (Lipinski definition) is 2. The molecule has 0 aliphatic carbocycles. The number of halogens is 3. The first-order chi connectivity index (χ1) is 15.5. The van der Waals surface area contributed by atoms with Gasteiger partial charge in [-0.15, -0.1) is 0 Å². The van der Waals surface area contributed by atoms with Crippen molar-refractivity contribution in [2.24, 2.45) is 10.7 Å². The minimum absolute atomic E-state index is 0.0343. The summed E-state index contributed by atoms with van der Waals surface area (Å²) < 4.78 is 39.3. The molecule has 2 aromatic rings. The summed E-state index contributed by atoms with van der Waals surface area (Å²) in [4.78, 5) is 32.4. The Kier molecular flexibility index (Phi) is 6.56. The van der Waals surface area contributed by atoms with Crippen LogP contribution in [0.2, 0.25) is 0 Å². The summed E-state index contributed by atoms with van der Waals surface area (Å²) in [7, 11) is 3.45. The fourth-order valence-electron chi connectivity index (χ4n) is 3.28. The molecule has 0 bridgehead atoms. The Bertz CT molecular complexity index is 1100. The molecule has 0 radical (unpaired) electrons. The average Bonchev–Trinajstić information content (AvgIpc) is 2.78. The third kappa shape index (κ3) is 4.89. The normalized spacial score (nSPS) is 16.3. The predicted molar refractivity (Wildman–Crippen MR) is 120 cm³/mol. The molecule has 9 nitrogen and oxygen atoms in total. The predicted octanol–water partition coefficient (Wildman–Crippen LogP) is 2.61.